The first-order valence-corrected chi connectivity index (χ1v) is 10.0. The van der Waals surface area contributed by atoms with Gasteiger partial charge >= 0.3 is 6.03 Å². The molecule has 0 radical (unpaired) electrons. The monoisotopic (exact) mass is 432 g/mol. The molecule has 1 saturated heterocycles. The summed E-state index contributed by atoms with van der Waals surface area (Å²) < 4.78 is 1.32. The van der Waals surface area contributed by atoms with Gasteiger partial charge in [-0.15, -0.1) is 0 Å². The van der Waals surface area contributed by atoms with Gasteiger partial charge in [0.1, 0.15) is 11.2 Å². The van der Waals surface area contributed by atoms with Crippen LogP contribution in [-0.2, 0) is 16.9 Å². The van der Waals surface area contributed by atoms with Crippen LogP contribution in [0.25, 0.3) is 16.4 Å². The highest BCUT2D eigenvalue weighted by Crippen LogP contribution is 2.34. The third-order valence-corrected chi connectivity index (χ3v) is 5.82. The fraction of sp³-hybridized carbons (Fsp3) is 0.130. The van der Waals surface area contributed by atoms with Crippen LogP contribution in [0.4, 0.5) is 4.79 Å². The van der Waals surface area contributed by atoms with E-state index in [-0.39, 0.29) is 12.1 Å². The minimum atomic E-state index is -1.22. The number of aromatic nitrogens is 2. The van der Waals surface area contributed by atoms with Gasteiger partial charge in [0.25, 0.3) is 11.5 Å². The second-order valence-electron chi connectivity index (χ2n) is 7.63. The quantitative estimate of drug-likeness (QED) is 0.502. The molecule has 3 amide bonds. The minimum absolute atomic E-state index is 0.112. The van der Waals surface area contributed by atoms with Crippen LogP contribution in [0.15, 0.2) is 71.7 Å². The topological polar surface area (TPSA) is 83.8 Å². The molecular formula is C23H17ClN4O3. The lowest BCUT2D eigenvalue weighted by molar-refractivity contribution is -0.131. The maximum absolute atomic E-state index is 13.4. The predicted octanol–water partition coefficient (Wildman–Crippen LogP) is 3.47. The van der Waals surface area contributed by atoms with Crippen LogP contribution in [0.1, 0.15) is 18.2 Å². The molecule has 1 unspecified atom stereocenters. The maximum atomic E-state index is 13.4. The van der Waals surface area contributed by atoms with E-state index in [4.69, 9.17) is 11.6 Å². The fourth-order valence-corrected chi connectivity index (χ4v) is 4.21. The summed E-state index contributed by atoms with van der Waals surface area (Å²) >= 11 is 5.94. The Morgan fingerprint density at radius 3 is 2.65 bits per heavy atom. The summed E-state index contributed by atoms with van der Waals surface area (Å²) in [6.45, 7) is 1.58. The molecule has 1 aliphatic heterocycles. The highest BCUT2D eigenvalue weighted by Gasteiger charge is 2.49. The van der Waals surface area contributed by atoms with Crippen molar-refractivity contribution in [3.8, 4) is 0 Å². The molecule has 7 nitrogen and oxygen atoms in total. The minimum Gasteiger partial charge on any atom is -0.319 e. The SMILES string of the molecule is CC1(c2cccc3ccccc23)NC(=O)N(Cc2cc(=O)n3cc(Cl)ccc3n2)C1=O. The first-order chi connectivity index (χ1) is 14.9. The van der Waals surface area contributed by atoms with E-state index in [9.17, 15) is 14.4 Å². The number of benzene rings is 2. The van der Waals surface area contributed by atoms with Crippen molar-refractivity contribution in [3.63, 3.8) is 0 Å². The summed E-state index contributed by atoms with van der Waals surface area (Å²) in [5.74, 6) is -0.396. The van der Waals surface area contributed by atoms with Crippen LogP contribution in [0, 0.1) is 0 Å². The highest BCUT2D eigenvalue weighted by molar-refractivity contribution is 6.30. The molecule has 4 aromatic rings. The Morgan fingerprint density at radius 2 is 1.81 bits per heavy atom. The number of pyridine rings is 1. The first kappa shape index (κ1) is 19.3. The van der Waals surface area contributed by atoms with Crippen LogP contribution in [0.5, 0.6) is 0 Å². The third kappa shape index (κ3) is 3.05. The molecule has 1 aliphatic rings. The van der Waals surface area contributed by atoms with E-state index in [1.807, 2.05) is 42.5 Å². The van der Waals surface area contributed by atoms with Gasteiger partial charge in [0.05, 0.1) is 17.3 Å². The summed E-state index contributed by atoms with van der Waals surface area (Å²) in [5, 5.41) is 5.10. The fourth-order valence-electron chi connectivity index (χ4n) is 4.05. The highest BCUT2D eigenvalue weighted by atomic mass is 35.5. The van der Waals surface area contributed by atoms with Crippen LogP contribution in [0.2, 0.25) is 5.02 Å². The summed E-state index contributed by atoms with van der Waals surface area (Å²) in [5.41, 5.74) is -0.148. The van der Waals surface area contributed by atoms with Gasteiger partial charge in [0, 0.05) is 12.3 Å². The van der Waals surface area contributed by atoms with Crippen molar-refractivity contribution in [1.82, 2.24) is 19.6 Å². The molecule has 2 aromatic carbocycles. The number of carbonyl (C=O) groups is 2. The molecule has 3 heterocycles. The van der Waals surface area contributed by atoms with Gasteiger partial charge in [0.2, 0.25) is 0 Å². The number of halogens is 1. The van der Waals surface area contributed by atoms with Crippen LogP contribution in [-0.4, -0.2) is 26.2 Å². The second kappa shape index (κ2) is 6.92. The number of hydrogen-bond acceptors (Lipinski definition) is 4. The Morgan fingerprint density at radius 1 is 1.03 bits per heavy atom. The number of rotatable bonds is 3. The van der Waals surface area contributed by atoms with Gasteiger partial charge in [-0.3, -0.25) is 18.9 Å². The third-order valence-electron chi connectivity index (χ3n) is 5.60. The van der Waals surface area contributed by atoms with Gasteiger partial charge in [-0.25, -0.2) is 9.78 Å². The van der Waals surface area contributed by atoms with Crippen LogP contribution < -0.4 is 10.9 Å². The Labute approximate surface area is 181 Å². The zero-order valence-corrected chi connectivity index (χ0v) is 17.3. The van der Waals surface area contributed by atoms with Gasteiger partial charge in [-0.1, -0.05) is 54.1 Å². The normalized spacial score (nSPS) is 18.7. The Kier molecular flexibility index (Phi) is 4.30. The van der Waals surface area contributed by atoms with E-state index in [0.717, 1.165) is 15.7 Å². The molecule has 154 valence electrons. The molecule has 0 spiro atoms. The average Bonchev–Trinajstić information content (AvgIpc) is 2.97. The number of nitrogens with one attached hydrogen (secondary N) is 1. The molecule has 1 N–H and O–H groups in total. The molecule has 0 aliphatic carbocycles. The van der Waals surface area contributed by atoms with E-state index in [2.05, 4.69) is 10.3 Å². The molecule has 0 bridgehead atoms. The van der Waals surface area contributed by atoms with Crippen molar-refractivity contribution in [1.29, 1.82) is 0 Å². The summed E-state index contributed by atoms with van der Waals surface area (Å²) in [4.78, 5) is 44.1. The number of amides is 3. The van der Waals surface area contributed by atoms with Crippen molar-refractivity contribution < 1.29 is 9.59 Å². The largest absolute Gasteiger partial charge is 0.325 e. The van der Waals surface area contributed by atoms with E-state index >= 15 is 0 Å². The molecule has 5 rings (SSSR count). The van der Waals surface area contributed by atoms with Crippen molar-refractivity contribution in [3.05, 3.63) is 93.5 Å². The Balaban J connectivity index is 1.53. The van der Waals surface area contributed by atoms with E-state index in [1.54, 1.807) is 19.1 Å². The van der Waals surface area contributed by atoms with Crippen molar-refractivity contribution in [2.45, 2.75) is 19.0 Å². The van der Waals surface area contributed by atoms with Crippen molar-refractivity contribution in [2.75, 3.05) is 0 Å². The molecule has 8 heteroatoms. The van der Waals surface area contributed by atoms with Crippen molar-refractivity contribution >= 4 is 40.0 Å². The standard InChI is InChI=1S/C23H17ClN4O3/c1-23(18-8-4-6-14-5-2-3-7-17(14)18)21(30)28(22(31)26-23)13-16-11-20(29)27-12-15(24)9-10-19(27)25-16/h2-12H,13H2,1H3,(H,26,31). The van der Waals surface area contributed by atoms with Gasteiger partial charge < -0.3 is 5.32 Å². The number of nitrogens with zero attached hydrogens (tertiary/aromatic N) is 3. The van der Waals surface area contributed by atoms with Gasteiger partial charge in [-0.05, 0) is 35.4 Å². The number of urea groups is 1. The zero-order valence-electron chi connectivity index (χ0n) is 16.5. The number of hydrogen-bond donors (Lipinski definition) is 1. The second-order valence-corrected chi connectivity index (χ2v) is 8.07. The molecule has 0 saturated carbocycles. The average molecular weight is 433 g/mol. The summed E-state index contributed by atoms with van der Waals surface area (Å²) in [6, 6.07) is 17.4. The lowest BCUT2D eigenvalue weighted by atomic mass is 9.88. The molecule has 1 atom stereocenters. The number of imide groups is 1. The van der Waals surface area contributed by atoms with E-state index < -0.39 is 17.5 Å². The lowest BCUT2D eigenvalue weighted by Gasteiger charge is -2.24. The Hall–Kier alpha value is -3.71. The molecule has 1 fully saturated rings. The first-order valence-electron chi connectivity index (χ1n) is 9.67. The van der Waals surface area contributed by atoms with Gasteiger partial charge in [-0.2, -0.15) is 0 Å². The Bertz CT molecular complexity index is 1440. The van der Waals surface area contributed by atoms with E-state index in [1.165, 1.54) is 16.7 Å². The zero-order chi connectivity index (χ0) is 21.8. The lowest BCUT2D eigenvalue weighted by Crippen LogP contribution is -2.41. The summed E-state index contributed by atoms with van der Waals surface area (Å²) in [6.07, 6.45) is 1.47. The molecular weight excluding hydrogens is 416 g/mol. The molecule has 31 heavy (non-hydrogen) atoms. The number of carbonyl (C=O) groups excluding carboxylic acids is 2. The number of fused-ring (bicyclic) bond motifs is 2. The molecule has 2 aromatic heterocycles. The van der Waals surface area contributed by atoms with E-state index in [0.29, 0.717) is 21.9 Å². The summed E-state index contributed by atoms with van der Waals surface area (Å²) in [7, 11) is 0. The smallest absolute Gasteiger partial charge is 0.319 e. The van der Waals surface area contributed by atoms with Crippen LogP contribution in [0.3, 0.4) is 0 Å². The van der Waals surface area contributed by atoms with Gasteiger partial charge in [0.15, 0.2) is 0 Å². The van der Waals surface area contributed by atoms with Crippen molar-refractivity contribution in [2.24, 2.45) is 0 Å². The van der Waals surface area contributed by atoms with Crippen LogP contribution >= 0.6 is 11.6 Å². The predicted molar refractivity (Wildman–Crippen MR) is 117 cm³/mol. The maximum Gasteiger partial charge on any atom is 0.325 e.